The highest BCUT2D eigenvalue weighted by Gasteiger charge is 2.10. The molecule has 2 unspecified atom stereocenters. The highest BCUT2D eigenvalue weighted by Crippen LogP contribution is 2.18. The lowest BCUT2D eigenvalue weighted by Gasteiger charge is -2.19. The summed E-state index contributed by atoms with van der Waals surface area (Å²) in [7, 11) is 3.40. The van der Waals surface area contributed by atoms with E-state index >= 15 is 0 Å². The molecular formula is C14H23NO2S. The molecule has 0 fully saturated rings. The second-order valence-corrected chi connectivity index (χ2v) is 5.10. The quantitative estimate of drug-likeness (QED) is 0.735. The van der Waals surface area contributed by atoms with Gasteiger partial charge in [-0.3, -0.25) is 0 Å². The second-order valence-electron chi connectivity index (χ2n) is 4.22. The molecule has 1 N–H and O–H groups in total. The highest BCUT2D eigenvalue weighted by molar-refractivity contribution is 7.98. The Morgan fingerprint density at radius 1 is 1.22 bits per heavy atom. The Kier molecular flexibility index (Phi) is 7.35. The van der Waals surface area contributed by atoms with Crippen molar-refractivity contribution in [2.45, 2.75) is 24.0 Å². The fraction of sp³-hybridized carbons (Fsp3) is 0.571. The van der Waals surface area contributed by atoms with Gasteiger partial charge in [-0.05, 0) is 30.9 Å². The number of hydrogen-bond acceptors (Lipinski definition) is 4. The molecule has 0 aliphatic rings. The number of ether oxygens (including phenoxy) is 2. The summed E-state index contributed by atoms with van der Waals surface area (Å²) in [4.78, 5) is 1.29. The van der Waals surface area contributed by atoms with Crippen molar-refractivity contribution in [1.29, 1.82) is 0 Å². The van der Waals surface area contributed by atoms with Gasteiger partial charge in [0, 0.05) is 31.7 Å². The van der Waals surface area contributed by atoms with Crippen molar-refractivity contribution in [3.8, 4) is 0 Å². The molecular weight excluding hydrogens is 246 g/mol. The van der Waals surface area contributed by atoms with Crippen LogP contribution in [0.5, 0.6) is 0 Å². The van der Waals surface area contributed by atoms with Gasteiger partial charge in [-0.15, -0.1) is 11.8 Å². The second kappa shape index (κ2) is 8.53. The van der Waals surface area contributed by atoms with Crippen LogP contribution in [0.1, 0.15) is 18.5 Å². The lowest BCUT2D eigenvalue weighted by Crippen LogP contribution is -2.33. The monoisotopic (exact) mass is 269 g/mol. The van der Waals surface area contributed by atoms with Crippen LogP contribution in [0.4, 0.5) is 0 Å². The van der Waals surface area contributed by atoms with E-state index in [1.54, 1.807) is 26.0 Å². The van der Waals surface area contributed by atoms with Crippen molar-refractivity contribution in [3.63, 3.8) is 0 Å². The third kappa shape index (κ3) is 4.98. The number of methoxy groups -OCH3 is 2. The minimum atomic E-state index is 0.0999. The molecule has 0 radical (unpaired) electrons. The number of hydrogen-bond donors (Lipinski definition) is 1. The molecule has 0 saturated carbocycles. The fourth-order valence-corrected chi connectivity index (χ4v) is 2.12. The first-order valence-electron chi connectivity index (χ1n) is 6.10. The van der Waals surface area contributed by atoms with E-state index in [1.807, 2.05) is 0 Å². The number of thioether (sulfide) groups is 1. The summed E-state index contributed by atoms with van der Waals surface area (Å²) in [5, 5.41) is 3.46. The van der Waals surface area contributed by atoms with Crippen molar-refractivity contribution in [3.05, 3.63) is 29.8 Å². The third-order valence-corrected chi connectivity index (χ3v) is 3.70. The summed E-state index contributed by atoms with van der Waals surface area (Å²) in [6.07, 6.45) is 2.19. The van der Waals surface area contributed by atoms with E-state index in [0.29, 0.717) is 12.6 Å². The summed E-state index contributed by atoms with van der Waals surface area (Å²) in [5.74, 6) is 0. The normalized spacial score (nSPS) is 14.4. The number of benzene rings is 1. The molecule has 18 heavy (non-hydrogen) atoms. The molecule has 0 aromatic heterocycles. The molecule has 0 amide bonds. The zero-order chi connectivity index (χ0) is 13.4. The minimum absolute atomic E-state index is 0.0999. The van der Waals surface area contributed by atoms with E-state index in [0.717, 1.165) is 6.54 Å². The van der Waals surface area contributed by atoms with Crippen LogP contribution in [0.3, 0.4) is 0 Å². The number of nitrogens with one attached hydrogen (secondary N) is 1. The third-order valence-electron chi connectivity index (χ3n) is 2.95. The standard InChI is InChI=1S/C14H23NO2S/c1-11(15-9-13(17-3)10-16-2)12-5-7-14(18-4)8-6-12/h5-8,11,13,15H,9-10H2,1-4H3. The Bertz CT molecular complexity index is 329. The number of rotatable bonds is 8. The van der Waals surface area contributed by atoms with Gasteiger partial charge in [-0.2, -0.15) is 0 Å². The summed E-state index contributed by atoms with van der Waals surface area (Å²) in [6.45, 7) is 3.56. The Labute approximate surface area is 114 Å². The maximum Gasteiger partial charge on any atom is 0.0928 e. The molecule has 4 heteroatoms. The van der Waals surface area contributed by atoms with Crippen LogP contribution in [0.25, 0.3) is 0 Å². The topological polar surface area (TPSA) is 30.5 Å². The summed E-state index contributed by atoms with van der Waals surface area (Å²) >= 11 is 1.76. The van der Waals surface area contributed by atoms with Gasteiger partial charge < -0.3 is 14.8 Å². The summed E-state index contributed by atoms with van der Waals surface area (Å²) in [6, 6.07) is 8.96. The molecule has 0 heterocycles. The molecule has 0 bridgehead atoms. The molecule has 1 rings (SSSR count). The lowest BCUT2D eigenvalue weighted by atomic mass is 10.1. The smallest absolute Gasteiger partial charge is 0.0928 e. The first kappa shape index (κ1) is 15.5. The zero-order valence-electron chi connectivity index (χ0n) is 11.6. The van der Waals surface area contributed by atoms with E-state index in [2.05, 4.69) is 42.8 Å². The predicted octanol–water partition coefficient (Wildman–Crippen LogP) is 2.72. The Morgan fingerprint density at radius 3 is 2.39 bits per heavy atom. The van der Waals surface area contributed by atoms with Gasteiger partial charge in [0.2, 0.25) is 0 Å². The molecule has 0 aliphatic heterocycles. The molecule has 102 valence electrons. The SMILES string of the molecule is COCC(CNC(C)c1ccc(SC)cc1)OC. The molecule has 0 spiro atoms. The van der Waals surface area contributed by atoms with E-state index < -0.39 is 0 Å². The van der Waals surface area contributed by atoms with Crippen molar-refractivity contribution in [1.82, 2.24) is 5.32 Å². The first-order valence-corrected chi connectivity index (χ1v) is 7.32. The maximum absolute atomic E-state index is 5.32. The molecule has 3 nitrogen and oxygen atoms in total. The van der Waals surface area contributed by atoms with Crippen LogP contribution >= 0.6 is 11.8 Å². The van der Waals surface area contributed by atoms with Crippen LogP contribution in [-0.2, 0) is 9.47 Å². The molecule has 1 aromatic rings. The van der Waals surface area contributed by atoms with Crippen LogP contribution in [0, 0.1) is 0 Å². The van der Waals surface area contributed by atoms with Crippen LogP contribution in [0.2, 0.25) is 0 Å². The van der Waals surface area contributed by atoms with Gasteiger partial charge in [-0.25, -0.2) is 0 Å². The lowest BCUT2D eigenvalue weighted by molar-refractivity contribution is 0.0276. The molecule has 2 atom stereocenters. The van der Waals surface area contributed by atoms with Gasteiger partial charge >= 0.3 is 0 Å². The van der Waals surface area contributed by atoms with Crippen LogP contribution < -0.4 is 5.32 Å². The Hall–Kier alpha value is -0.550. The zero-order valence-corrected chi connectivity index (χ0v) is 12.4. The van der Waals surface area contributed by atoms with Crippen LogP contribution in [0.15, 0.2) is 29.2 Å². The van der Waals surface area contributed by atoms with Gasteiger partial charge in [0.05, 0.1) is 12.7 Å². The molecule has 0 aliphatic carbocycles. The predicted molar refractivity (Wildman–Crippen MR) is 77.3 cm³/mol. The van der Waals surface area contributed by atoms with Crippen molar-refractivity contribution < 1.29 is 9.47 Å². The van der Waals surface area contributed by atoms with E-state index in [4.69, 9.17) is 9.47 Å². The summed E-state index contributed by atoms with van der Waals surface area (Å²) < 4.78 is 10.4. The van der Waals surface area contributed by atoms with Crippen molar-refractivity contribution in [2.24, 2.45) is 0 Å². The van der Waals surface area contributed by atoms with Crippen molar-refractivity contribution in [2.75, 3.05) is 33.6 Å². The van der Waals surface area contributed by atoms with Crippen LogP contribution in [-0.4, -0.2) is 39.7 Å². The average Bonchev–Trinajstić information content (AvgIpc) is 2.43. The van der Waals surface area contributed by atoms with E-state index in [1.165, 1.54) is 10.5 Å². The first-order chi connectivity index (χ1) is 8.71. The largest absolute Gasteiger partial charge is 0.382 e. The van der Waals surface area contributed by atoms with E-state index in [-0.39, 0.29) is 6.10 Å². The van der Waals surface area contributed by atoms with Gasteiger partial charge in [0.15, 0.2) is 0 Å². The molecule has 1 aromatic carbocycles. The highest BCUT2D eigenvalue weighted by atomic mass is 32.2. The maximum atomic E-state index is 5.32. The summed E-state index contributed by atoms with van der Waals surface area (Å²) in [5.41, 5.74) is 1.29. The average molecular weight is 269 g/mol. The Morgan fingerprint density at radius 2 is 1.89 bits per heavy atom. The van der Waals surface area contributed by atoms with E-state index in [9.17, 15) is 0 Å². The van der Waals surface area contributed by atoms with Gasteiger partial charge in [-0.1, -0.05) is 12.1 Å². The van der Waals surface area contributed by atoms with Gasteiger partial charge in [0.25, 0.3) is 0 Å². The molecule has 0 saturated heterocycles. The fourth-order valence-electron chi connectivity index (χ4n) is 1.71. The minimum Gasteiger partial charge on any atom is -0.382 e. The van der Waals surface area contributed by atoms with Gasteiger partial charge in [0.1, 0.15) is 0 Å². The van der Waals surface area contributed by atoms with Crippen molar-refractivity contribution >= 4 is 11.8 Å². The Balaban J connectivity index is 2.45.